The van der Waals surface area contributed by atoms with Crippen LogP contribution in [0.1, 0.15) is 24.0 Å². The molecule has 1 unspecified atom stereocenters. The predicted octanol–water partition coefficient (Wildman–Crippen LogP) is 2.53. The number of halogens is 3. The highest BCUT2D eigenvalue weighted by Gasteiger charge is 2.36. The molecule has 0 spiro atoms. The van der Waals surface area contributed by atoms with Crippen LogP contribution in [-0.4, -0.2) is 54.6 Å². The molecule has 2 aliphatic rings. The molecule has 1 atom stereocenters. The molecule has 24 heavy (non-hydrogen) atoms. The second-order valence-corrected chi connectivity index (χ2v) is 6.22. The number of benzene rings is 1. The van der Waals surface area contributed by atoms with Crippen molar-refractivity contribution in [1.29, 1.82) is 0 Å². The molecule has 0 saturated carbocycles. The van der Waals surface area contributed by atoms with Gasteiger partial charge in [-0.2, -0.15) is 13.2 Å². The van der Waals surface area contributed by atoms with Crippen molar-refractivity contribution in [2.75, 3.05) is 32.8 Å². The summed E-state index contributed by atoms with van der Waals surface area (Å²) in [6.45, 7) is 3.11. The lowest BCUT2D eigenvalue weighted by Crippen LogP contribution is -2.54. The summed E-state index contributed by atoms with van der Waals surface area (Å²) in [5.41, 5.74) is -0.507. The van der Waals surface area contributed by atoms with Crippen molar-refractivity contribution < 1.29 is 22.7 Å². The van der Waals surface area contributed by atoms with E-state index in [1.807, 2.05) is 0 Å². The smallest absolute Gasteiger partial charge is 0.379 e. The highest BCUT2D eigenvalue weighted by atomic mass is 19.4. The maximum absolute atomic E-state index is 13.1. The van der Waals surface area contributed by atoms with E-state index in [2.05, 4.69) is 4.90 Å². The van der Waals surface area contributed by atoms with Gasteiger partial charge in [0, 0.05) is 26.2 Å². The summed E-state index contributed by atoms with van der Waals surface area (Å²) in [5, 5.41) is 0. The number of hydrogen-bond acceptors (Lipinski definition) is 3. The number of piperidine rings is 1. The van der Waals surface area contributed by atoms with E-state index in [1.165, 1.54) is 12.1 Å². The molecule has 2 heterocycles. The van der Waals surface area contributed by atoms with Crippen molar-refractivity contribution in [3.63, 3.8) is 0 Å². The molecular weight excluding hydrogens is 321 g/mol. The Hall–Kier alpha value is -1.60. The number of carbonyl (C=O) groups is 1. The zero-order valence-corrected chi connectivity index (χ0v) is 13.4. The third-order valence-corrected chi connectivity index (χ3v) is 4.67. The molecule has 2 fully saturated rings. The van der Waals surface area contributed by atoms with Crippen LogP contribution in [0.15, 0.2) is 24.3 Å². The molecule has 1 aromatic rings. The molecule has 0 N–H and O–H groups in total. The fraction of sp³-hybridized carbons (Fsp3) is 0.588. The number of nitrogens with zero attached hydrogens (tertiary/aromatic N) is 2. The number of ether oxygens (including phenoxy) is 1. The molecule has 0 radical (unpaired) electrons. The van der Waals surface area contributed by atoms with E-state index in [0.717, 1.165) is 18.9 Å². The summed E-state index contributed by atoms with van der Waals surface area (Å²) in [5.74, 6) is -0.0693. The average Bonchev–Trinajstić information content (AvgIpc) is 2.57. The van der Waals surface area contributed by atoms with Crippen molar-refractivity contribution >= 4 is 5.91 Å². The molecule has 3 rings (SSSR count). The number of rotatable bonds is 3. The van der Waals surface area contributed by atoms with Crippen LogP contribution in [0.5, 0.6) is 0 Å². The Bertz CT molecular complexity index is 585. The predicted molar refractivity (Wildman–Crippen MR) is 82.3 cm³/mol. The van der Waals surface area contributed by atoms with E-state index in [9.17, 15) is 18.0 Å². The number of morpholine rings is 1. The molecule has 0 aliphatic carbocycles. The van der Waals surface area contributed by atoms with Gasteiger partial charge in [-0.05, 0) is 24.5 Å². The average molecular weight is 342 g/mol. The third kappa shape index (κ3) is 3.72. The zero-order valence-electron chi connectivity index (χ0n) is 13.4. The van der Waals surface area contributed by atoms with Gasteiger partial charge in [-0.15, -0.1) is 0 Å². The summed E-state index contributed by atoms with van der Waals surface area (Å²) >= 11 is 0. The SMILES string of the molecule is O=C1C(N2CCOCC2)CCCN1Cc1ccccc1C(F)(F)F. The first-order valence-electron chi connectivity index (χ1n) is 8.22. The molecular formula is C17H21F3N2O2. The lowest BCUT2D eigenvalue weighted by Gasteiger charge is -2.40. The molecule has 7 heteroatoms. The number of alkyl halides is 3. The van der Waals surface area contributed by atoms with Gasteiger partial charge in [-0.25, -0.2) is 0 Å². The third-order valence-electron chi connectivity index (χ3n) is 4.67. The Kier molecular flexibility index (Phi) is 5.10. The van der Waals surface area contributed by atoms with Crippen LogP contribution in [0.25, 0.3) is 0 Å². The van der Waals surface area contributed by atoms with Crippen molar-refractivity contribution in [2.24, 2.45) is 0 Å². The fourth-order valence-corrected chi connectivity index (χ4v) is 3.45. The van der Waals surface area contributed by atoms with E-state index in [1.54, 1.807) is 11.0 Å². The van der Waals surface area contributed by atoms with Crippen LogP contribution >= 0.6 is 0 Å². The maximum Gasteiger partial charge on any atom is 0.416 e. The van der Waals surface area contributed by atoms with Crippen LogP contribution in [0, 0.1) is 0 Å². The second kappa shape index (κ2) is 7.11. The summed E-state index contributed by atoms with van der Waals surface area (Å²) < 4.78 is 44.7. The molecule has 2 aliphatic heterocycles. The lowest BCUT2D eigenvalue weighted by molar-refractivity contribution is -0.145. The Balaban J connectivity index is 1.74. The highest BCUT2D eigenvalue weighted by molar-refractivity contribution is 5.82. The van der Waals surface area contributed by atoms with Crippen molar-refractivity contribution in [1.82, 2.24) is 9.80 Å². The number of hydrogen-bond donors (Lipinski definition) is 0. The standard InChI is InChI=1S/C17H21F3N2O2/c18-17(19,20)14-5-2-1-4-13(14)12-22-7-3-6-15(16(22)23)21-8-10-24-11-9-21/h1-2,4-5,15H,3,6-12H2. The molecule has 4 nitrogen and oxygen atoms in total. The summed E-state index contributed by atoms with van der Waals surface area (Å²) in [6.07, 6.45) is -2.84. The summed E-state index contributed by atoms with van der Waals surface area (Å²) in [4.78, 5) is 16.4. The van der Waals surface area contributed by atoms with E-state index < -0.39 is 11.7 Å². The first-order valence-corrected chi connectivity index (χ1v) is 8.22. The molecule has 0 bridgehead atoms. The minimum Gasteiger partial charge on any atom is -0.379 e. The van der Waals surface area contributed by atoms with Gasteiger partial charge in [-0.3, -0.25) is 9.69 Å². The zero-order chi connectivity index (χ0) is 17.2. The Morgan fingerprint density at radius 1 is 1.12 bits per heavy atom. The maximum atomic E-state index is 13.1. The topological polar surface area (TPSA) is 32.8 Å². The van der Waals surface area contributed by atoms with Crippen molar-refractivity contribution in [3.8, 4) is 0 Å². The van der Waals surface area contributed by atoms with E-state index in [0.29, 0.717) is 32.8 Å². The molecule has 2 saturated heterocycles. The number of likely N-dealkylation sites (tertiary alicyclic amines) is 1. The minimum absolute atomic E-state index is 0.00928. The summed E-state index contributed by atoms with van der Waals surface area (Å²) in [6, 6.07) is 5.25. The molecule has 1 aromatic carbocycles. The van der Waals surface area contributed by atoms with Gasteiger partial charge in [0.25, 0.3) is 0 Å². The van der Waals surface area contributed by atoms with Crippen LogP contribution in [0.4, 0.5) is 13.2 Å². The van der Waals surface area contributed by atoms with E-state index in [-0.39, 0.29) is 24.1 Å². The largest absolute Gasteiger partial charge is 0.416 e. The van der Waals surface area contributed by atoms with Gasteiger partial charge in [0.2, 0.25) is 5.91 Å². The Morgan fingerprint density at radius 3 is 2.54 bits per heavy atom. The molecule has 0 aromatic heterocycles. The monoisotopic (exact) mass is 342 g/mol. The quantitative estimate of drug-likeness (QED) is 0.846. The van der Waals surface area contributed by atoms with Gasteiger partial charge in [0.05, 0.1) is 24.8 Å². The second-order valence-electron chi connectivity index (χ2n) is 6.22. The van der Waals surface area contributed by atoms with Gasteiger partial charge in [0.1, 0.15) is 0 Å². The first-order chi connectivity index (χ1) is 11.5. The Labute approximate surface area is 139 Å². The van der Waals surface area contributed by atoms with Crippen molar-refractivity contribution in [2.45, 2.75) is 31.6 Å². The highest BCUT2D eigenvalue weighted by Crippen LogP contribution is 2.33. The van der Waals surface area contributed by atoms with Gasteiger partial charge in [-0.1, -0.05) is 18.2 Å². The lowest BCUT2D eigenvalue weighted by atomic mass is 10.0. The van der Waals surface area contributed by atoms with Gasteiger partial charge >= 0.3 is 6.18 Å². The first kappa shape index (κ1) is 17.2. The van der Waals surface area contributed by atoms with Gasteiger partial charge in [0.15, 0.2) is 0 Å². The van der Waals surface area contributed by atoms with Gasteiger partial charge < -0.3 is 9.64 Å². The fourth-order valence-electron chi connectivity index (χ4n) is 3.45. The molecule has 1 amide bonds. The normalized spacial score (nSPS) is 23.5. The van der Waals surface area contributed by atoms with Crippen LogP contribution in [0.3, 0.4) is 0 Å². The van der Waals surface area contributed by atoms with Crippen molar-refractivity contribution in [3.05, 3.63) is 35.4 Å². The van der Waals surface area contributed by atoms with E-state index >= 15 is 0 Å². The van der Waals surface area contributed by atoms with Crippen LogP contribution in [-0.2, 0) is 22.3 Å². The van der Waals surface area contributed by atoms with Crippen LogP contribution in [0.2, 0.25) is 0 Å². The van der Waals surface area contributed by atoms with Crippen LogP contribution < -0.4 is 0 Å². The minimum atomic E-state index is -4.40. The number of carbonyl (C=O) groups excluding carboxylic acids is 1. The Morgan fingerprint density at radius 2 is 1.83 bits per heavy atom. The van der Waals surface area contributed by atoms with E-state index in [4.69, 9.17) is 4.74 Å². The molecule has 132 valence electrons. The number of amides is 1. The summed E-state index contributed by atoms with van der Waals surface area (Å²) in [7, 11) is 0.